The number of benzene rings is 1. The second-order valence-electron chi connectivity index (χ2n) is 8.86. The highest BCUT2D eigenvalue weighted by Crippen LogP contribution is 2.39. The highest BCUT2D eigenvalue weighted by atomic mass is 35.5. The van der Waals surface area contributed by atoms with Gasteiger partial charge in [0.2, 0.25) is 11.8 Å². The van der Waals surface area contributed by atoms with Gasteiger partial charge in [0.05, 0.1) is 35.7 Å². The van der Waals surface area contributed by atoms with Crippen molar-refractivity contribution in [1.82, 2.24) is 24.8 Å². The summed E-state index contributed by atoms with van der Waals surface area (Å²) in [7, 11) is 2.68. The molecule has 0 spiro atoms. The van der Waals surface area contributed by atoms with Gasteiger partial charge in [0.25, 0.3) is 0 Å². The van der Waals surface area contributed by atoms with E-state index in [4.69, 9.17) is 16.3 Å². The van der Waals surface area contributed by atoms with E-state index in [0.717, 1.165) is 7.05 Å². The number of ether oxygens (including phenoxy) is 1. The zero-order valence-electron chi connectivity index (χ0n) is 20.3. The average molecular weight is 539 g/mol. The summed E-state index contributed by atoms with van der Waals surface area (Å²) < 4.78 is 49.3. The maximum Gasteiger partial charge on any atom is 0.413 e. The molecule has 0 saturated carbocycles. The third kappa shape index (κ3) is 5.64. The van der Waals surface area contributed by atoms with E-state index in [2.05, 4.69) is 20.7 Å². The average Bonchev–Trinajstić information content (AvgIpc) is 3.24. The van der Waals surface area contributed by atoms with E-state index in [0.29, 0.717) is 27.5 Å². The first kappa shape index (κ1) is 26.7. The van der Waals surface area contributed by atoms with Gasteiger partial charge in [0.1, 0.15) is 5.15 Å². The van der Waals surface area contributed by atoms with E-state index in [1.165, 1.54) is 28.8 Å². The third-order valence-corrected chi connectivity index (χ3v) is 6.61. The summed E-state index contributed by atoms with van der Waals surface area (Å²) in [4.78, 5) is 29.2. The van der Waals surface area contributed by atoms with Gasteiger partial charge in [-0.25, -0.2) is 9.50 Å². The monoisotopic (exact) mass is 538 g/mol. The van der Waals surface area contributed by atoms with Crippen LogP contribution in [0.2, 0.25) is 5.15 Å². The summed E-state index contributed by atoms with van der Waals surface area (Å²) in [6.07, 6.45) is -1.66. The van der Waals surface area contributed by atoms with E-state index >= 15 is 0 Å². The molecular weight excluding hydrogens is 513 g/mol. The first-order chi connectivity index (χ1) is 17.5. The van der Waals surface area contributed by atoms with Gasteiger partial charge >= 0.3 is 6.18 Å². The summed E-state index contributed by atoms with van der Waals surface area (Å²) >= 11 is 6.03. The smallest absolute Gasteiger partial charge is 0.377 e. The van der Waals surface area contributed by atoms with Crippen molar-refractivity contribution < 1.29 is 27.5 Å². The number of methoxy groups -OCH3 is 1. The molecule has 198 valence electrons. The van der Waals surface area contributed by atoms with Crippen molar-refractivity contribution in [3.63, 3.8) is 0 Å². The molecule has 9 nitrogen and oxygen atoms in total. The molecule has 1 aliphatic rings. The predicted octanol–water partition coefficient (Wildman–Crippen LogP) is 4.42. The molecule has 1 fully saturated rings. The predicted molar refractivity (Wildman–Crippen MR) is 130 cm³/mol. The zero-order valence-corrected chi connectivity index (χ0v) is 21.1. The molecule has 3 atom stereocenters. The zero-order chi connectivity index (χ0) is 26.9. The standard InChI is InChI=1S/C24H26ClF3N6O3/c1-13(37-3)20-17(11-30-34-12-18(25)32-22(20)34)31-16-7-4-14(5-8-16)21(24(26,27)28)33(2)23(36)15-6-9-19(35)29-10-15/h4-5,7-8,11-13,15,21,31H,6,9-10H2,1-3H3,(H,29,35)/t13-,15+,21-/m0/s1. The molecule has 2 N–H and O–H groups in total. The summed E-state index contributed by atoms with van der Waals surface area (Å²) in [5.41, 5.74) is 2.12. The number of carbonyl (C=O) groups excluding carboxylic acids is 2. The summed E-state index contributed by atoms with van der Waals surface area (Å²) in [6.45, 7) is 1.85. The number of piperidine rings is 1. The van der Waals surface area contributed by atoms with Crippen LogP contribution < -0.4 is 10.6 Å². The Labute approximate surface area is 215 Å². The van der Waals surface area contributed by atoms with Gasteiger partial charge in [-0.1, -0.05) is 23.7 Å². The van der Waals surface area contributed by atoms with Crippen LogP contribution in [0.15, 0.2) is 36.7 Å². The number of fused-ring (bicyclic) bond motifs is 1. The highest BCUT2D eigenvalue weighted by molar-refractivity contribution is 6.29. The van der Waals surface area contributed by atoms with Crippen LogP contribution in [0.4, 0.5) is 24.5 Å². The Balaban J connectivity index is 1.59. The third-order valence-electron chi connectivity index (χ3n) is 6.43. The number of nitrogens with zero attached hydrogens (tertiary/aromatic N) is 4. The second kappa shape index (κ2) is 10.5. The maximum absolute atomic E-state index is 14.1. The van der Waals surface area contributed by atoms with Gasteiger partial charge in [0.15, 0.2) is 11.7 Å². The molecule has 3 heterocycles. The number of halogens is 4. The molecule has 4 rings (SSSR count). The first-order valence-electron chi connectivity index (χ1n) is 11.5. The molecule has 0 radical (unpaired) electrons. The fraction of sp³-hybridized carbons (Fsp3) is 0.417. The Bertz CT molecular complexity index is 1290. The lowest BCUT2D eigenvalue weighted by Crippen LogP contribution is -2.47. The Morgan fingerprint density at radius 1 is 1.32 bits per heavy atom. The quantitative estimate of drug-likeness (QED) is 0.462. The SMILES string of the molecule is CO[C@@H](C)c1c(Nc2ccc([C@H](N(C)C(=O)[C@@H]3CCC(=O)NC3)C(F)(F)F)cc2)cnn2cc(Cl)nc12. The number of rotatable bonds is 7. The van der Waals surface area contributed by atoms with Crippen LogP contribution in [0.25, 0.3) is 5.65 Å². The van der Waals surface area contributed by atoms with Crippen LogP contribution in [0.3, 0.4) is 0 Å². The summed E-state index contributed by atoms with van der Waals surface area (Å²) in [6, 6.07) is 3.50. The van der Waals surface area contributed by atoms with Crippen molar-refractivity contribution in [3.8, 4) is 0 Å². The van der Waals surface area contributed by atoms with Gasteiger partial charge in [-0.15, -0.1) is 0 Å². The van der Waals surface area contributed by atoms with E-state index in [-0.39, 0.29) is 42.1 Å². The number of imidazole rings is 1. The number of anilines is 2. The molecule has 1 aromatic carbocycles. The van der Waals surface area contributed by atoms with Gasteiger partial charge in [0, 0.05) is 32.8 Å². The van der Waals surface area contributed by atoms with Crippen LogP contribution >= 0.6 is 11.6 Å². The molecule has 1 saturated heterocycles. The fourth-order valence-electron chi connectivity index (χ4n) is 4.44. The minimum absolute atomic E-state index is 0.0256. The Morgan fingerprint density at radius 3 is 2.62 bits per heavy atom. The number of hydrogen-bond acceptors (Lipinski definition) is 6. The molecule has 0 aliphatic carbocycles. The normalized spacial score (nSPS) is 17.8. The van der Waals surface area contributed by atoms with E-state index in [1.807, 2.05) is 6.92 Å². The Morgan fingerprint density at radius 2 is 2.03 bits per heavy atom. The van der Waals surface area contributed by atoms with Crippen molar-refractivity contribution >= 4 is 40.4 Å². The molecule has 0 unspecified atom stereocenters. The number of nitrogens with one attached hydrogen (secondary N) is 2. The van der Waals surface area contributed by atoms with Crippen LogP contribution in [0, 0.1) is 5.92 Å². The van der Waals surface area contributed by atoms with Gasteiger partial charge in [-0.2, -0.15) is 18.3 Å². The second-order valence-corrected chi connectivity index (χ2v) is 9.25. The van der Waals surface area contributed by atoms with E-state index < -0.39 is 24.0 Å². The van der Waals surface area contributed by atoms with Crippen molar-refractivity contribution in [3.05, 3.63) is 52.9 Å². The van der Waals surface area contributed by atoms with Gasteiger partial charge < -0.3 is 20.3 Å². The molecule has 13 heteroatoms. The van der Waals surface area contributed by atoms with E-state index in [9.17, 15) is 22.8 Å². The number of amides is 2. The van der Waals surface area contributed by atoms with Crippen molar-refractivity contribution in [2.75, 3.05) is 26.0 Å². The molecular formula is C24H26ClF3N6O3. The molecule has 2 aromatic heterocycles. The number of hydrogen-bond donors (Lipinski definition) is 2. The minimum Gasteiger partial charge on any atom is -0.377 e. The summed E-state index contributed by atoms with van der Waals surface area (Å²) in [5.74, 6) is -1.58. The van der Waals surface area contributed by atoms with Crippen LogP contribution in [0.1, 0.15) is 43.0 Å². The molecule has 37 heavy (non-hydrogen) atoms. The number of carbonyl (C=O) groups is 2. The van der Waals surface area contributed by atoms with Gasteiger partial charge in [-0.3, -0.25) is 9.59 Å². The maximum atomic E-state index is 14.1. The van der Waals surface area contributed by atoms with Crippen molar-refractivity contribution in [2.24, 2.45) is 5.92 Å². The molecule has 2 amide bonds. The molecule has 1 aliphatic heterocycles. The minimum atomic E-state index is -4.70. The Hall–Kier alpha value is -3.38. The van der Waals surface area contributed by atoms with Crippen molar-refractivity contribution in [2.45, 2.75) is 38.1 Å². The van der Waals surface area contributed by atoms with Crippen molar-refractivity contribution in [1.29, 1.82) is 0 Å². The highest BCUT2D eigenvalue weighted by Gasteiger charge is 2.46. The van der Waals surface area contributed by atoms with Crippen LogP contribution in [-0.2, 0) is 14.3 Å². The number of aromatic nitrogens is 3. The molecule has 0 bridgehead atoms. The van der Waals surface area contributed by atoms with Crippen LogP contribution in [-0.4, -0.2) is 58.2 Å². The number of alkyl halides is 3. The van der Waals surface area contributed by atoms with Crippen LogP contribution in [0.5, 0.6) is 0 Å². The Kier molecular flexibility index (Phi) is 7.60. The van der Waals surface area contributed by atoms with Gasteiger partial charge in [-0.05, 0) is 31.0 Å². The van der Waals surface area contributed by atoms with E-state index in [1.54, 1.807) is 19.5 Å². The fourth-order valence-corrected chi connectivity index (χ4v) is 4.61. The lowest BCUT2D eigenvalue weighted by atomic mass is 9.96. The molecule has 3 aromatic rings. The topological polar surface area (TPSA) is 101 Å². The largest absolute Gasteiger partial charge is 0.413 e. The summed E-state index contributed by atoms with van der Waals surface area (Å²) in [5, 5.41) is 10.2. The lowest BCUT2D eigenvalue weighted by Gasteiger charge is -2.34. The first-order valence-corrected chi connectivity index (χ1v) is 11.9. The lowest BCUT2D eigenvalue weighted by molar-refractivity contribution is -0.190.